The highest BCUT2D eigenvalue weighted by atomic mass is 32.1. The number of rotatable bonds is 6. The molecule has 110 valence electrons. The number of benzene rings is 1. The Balaban J connectivity index is 2.03. The largest absolute Gasteiger partial charge is 0.393 e. The maximum Gasteiger partial charge on any atom is 0.0768 e. The van der Waals surface area contributed by atoms with Crippen molar-refractivity contribution in [2.45, 2.75) is 39.0 Å². The fraction of sp³-hybridized carbons (Fsp3) is 0.588. The predicted octanol–water partition coefficient (Wildman–Crippen LogP) is 3.35. The number of hydrogen-bond acceptors (Lipinski definition) is 2. The average Bonchev–Trinajstić information content (AvgIpc) is 2.46. The van der Waals surface area contributed by atoms with Crippen molar-refractivity contribution in [3.63, 3.8) is 0 Å². The van der Waals surface area contributed by atoms with Gasteiger partial charge in [0, 0.05) is 19.0 Å². The van der Waals surface area contributed by atoms with E-state index in [0.29, 0.717) is 16.8 Å². The molecule has 20 heavy (non-hydrogen) atoms. The van der Waals surface area contributed by atoms with Crippen molar-refractivity contribution >= 4 is 17.2 Å². The minimum Gasteiger partial charge on any atom is -0.393 e. The first-order valence-electron chi connectivity index (χ1n) is 7.71. The molecule has 1 aromatic rings. The SMILES string of the molecule is CCN(CC(C)C(N)=S)CC1CCCc2ccccc21. The Morgan fingerprint density at radius 2 is 2.20 bits per heavy atom. The molecule has 2 unspecified atom stereocenters. The van der Waals surface area contributed by atoms with Gasteiger partial charge in [-0.15, -0.1) is 0 Å². The fourth-order valence-corrected chi connectivity index (χ4v) is 3.24. The van der Waals surface area contributed by atoms with Crippen LogP contribution in [0.15, 0.2) is 24.3 Å². The number of fused-ring (bicyclic) bond motifs is 1. The van der Waals surface area contributed by atoms with Gasteiger partial charge in [0.25, 0.3) is 0 Å². The lowest BCUT2D eigenvalue weighted by Gasteiger charge is -2.32. The van der Waals surface area contributed by atoms with Gasteiger partial charge in [0.1, 0.15) is 0 Å². The van der Waals surface area contributed by atoms with E-state index in [0.717, 1.165) is 19.6 Å². The van der Waals surface area contributed by atoms with Crippen LogP contribution in [0.5, 0.6) is 0 Å². The molecule has 0 fully saturated rings. The van der Waals surface area contributed by atoms with Crippen LogP contribution in [0.4, 0.5) is 0 Å². The molecular weight excluding hydrogens is 264 g/mol. The zero-order valence-corrected chi connectivity index (χ0v) is 13.5. The van der Waals surface area contributed by atoms with Gasteiger partial charge in [-0.2, -0.15) is 0 Å². The molecule has 2 atom stereocenters. The molecule has 0 radical (unpaired) electrons. The molecule has 0 heterocycles. The molecule has 1 aliphatic carbocycles. The summed E-state index contributed by atoms with van der Waals surface area (Å²) in [5.74, 6) is 0.960. The molecule has 0 aromatic heterocycles. The van der Waals surface area contributed by atoms with Crippen LogP contribution in [-0.2, 0) is 6.42 Å². The second kappa shape index (κ2) is 7.19. The maximum atomic E-state index is 5.75. The smallest absolute Gasteiger partial charge is 0.0768 e. The van der Waals surface area contributed by atoms with Gasteiger partial charge in [-0.25, -0.2) is 0 Å². The maximum absolute atomic E-state index is 5.75. The zero-order chi connectivity index (χ0) is 14.5. The first-order chi connectivity index (χ1) is 9.61. The summed E-state index contributed by atoms with van der Waals surface area (Å²) in [6.07, 6.45) is 3.85. The van der Waals surface area contributed by atoms with E-state index in [1.54, 1.807) is 11.1 Å². The van der Waals surface area contributed by atoms with Crippen LogP contribution < -0.4 is 5.73 Å². The average molecular weight is 290 g/mol. The zero-order valence-electron chi connectivity index (χ0n) is 12.6. The summed E-state index contributed by atoms with van der Waals surface area (Å²) in [6.45, 7) is 7.51. The van der Waals surface area contributed by atoms with Crippen molar-refractivity contribution in [3.05, 3.63) is 35.4 Å². The number of likely N-dealkylation sites (N-methyl/N-ethyl adjacent to an activating group) is 1. The summed E-state index contributed by atoms with van der Waals surface area (Å²) in [6, 6.07) is 8.93. The van der Waals surface area contributed by atoms with Gasteiger partial charge >= 0.3 is 0 Å². The van der Waals surface area contributed by atoms with Crippen LogP contribution in [0.25, 0.3) is 0 Å². The molecule has 0 saturated carbocycles. The number of nitrogens with zero attached hydrogens (tertiary/aromatic N) is 1. The second-order valence-electron chi connectivity index (χ2n) is 5.94. The summed E-state index contributed by atoms with van der Waals surface area (Å²) >= 11 is 5.10. The second-order valence-corrected chi connectivity index (χ2v) is 6.41. The minimum absolute atomic E-state index is 0.295. The lowest BCUT2D eigenvalue weighted by molar-refractivity contribution is 0.246. The van der Waals surface area contributed by atoms with Crippen LogP contribution in [0.3, 0.4) is 0 Å². The first-order valence-corrected chi connectivity index (χ1v) is 8.12. The van der Waals surface area contributed by atoms with Crippen molar-refractivity contribution in [3.8, 4) is 0 Å². The highest BCUT2D eigenvalue weighted by Crippen LogP contribution is 2.32. The van der Waals surface area contributed by atoms with Crippen molar-refractivity contribution in [1.82, 2.24) is 4.90 Å². The fourth-order valence-electron chi connectivity index (χ4n) is 3.17. The molecule has 2 N–H and O–H groups in total. The third kappa shape index (κ3) is 3.80. The van der Waals surface area contributed by atoms with Crippen molar-refractivity contribution in [2.24, 2.45) is 11.7 Å². The van der Waals surface area contributed by atoms with E-state index in [1.165, 1.54) is 19.3 Å². The van der Waals surface area contributed by atoms with E-state index in [2.05, 4.69) is 43.0 Å². The molecule has 0 spiro atoms. The standard InChI is InChI=1S/C17H26N2S/c1-3-19(11-13(2)17(18)20)12-15-9-6-8-14-7-4-5-10-16(14)15/h4-5,7,10,13,15H,3,6,8-9,11-12H2,1-2H3,(H2,18,20). The van der Waals surface area contributed by atoms with Gasteiger partial charge in [0.15, 0.2) is 0 Å². The number of hydrogen-bond donors (Lipinski definition) is 1. The van der Waals surface area contributed by atoms with E-state index >= 15 is 0 Å². The first kappa shape index (κ1) is 15.5. The van der Waals surface area contributed by atoms with Gasteiger partial charge in [0.2, 0.25) is 0 Å². The molecule has 0 bridgehead atoms. The number of thiocarbonyl (C=S) groups is 1. The molecular formula is C17H26N2S. The summed E-state index contributed by atoms with van der Waals surface area (Å²) in [7, 11) is 0. The molecule has 0 aliphatic heterocycles. The highest BCUT2D eigenvalue weighted by molar-refractivity contribution is 7.80. The van der Waals surface area contributed by atoms with E-state index in [1.807, 2.05) is 0 Å². The Kier molecular flexibility index (Phi) is 5.55. The van der Waals surface area contributed by atoms with E-state index in [4.69, 9.17) is 18.0 Å². The van der Waals surface area contributed by atoms with Gasteiger partial charge in [-0.1, -0.05) is 50.3 Å². The lowest BCUT2D eigenvalue weighted by atomic mass is 9.82. The van der Waals surface area contributed by atoms with Crippen LogP contribution in [0.1, 0.15) is 43.7 Å². The van der Waals surface area contributed by atoms with Gasteiger partial charge < -0.3 is 10.6 Å². The van der Waals surface area contributed by atoms with Crippen molar-refractivity contribution < 1.29 is 0 Å². The highest BCUT2D eigenvalue weighted by Gasteiger charge is 2.22. The van der Waals surface area contributed by atoms with Crippen molar-refractivity contribution in [2.75, 3.05) is 19.6 Å². The Hall–Kier alpha value is -0.930. The molecule has 1 aliphatic rings. The number of nitrogens with two attached hydrogens (primary N) is 1. The Morgan fingerprint density at radius 3 is 2.90 bits per heavy atom. The third-order valence-electron chi connectivity index (χ3n) is 4.44. The van der Waals surface area contributed by atoms with Crippen LogP contribution >= 0.6 is 12.2 Å². The number of aryl methyl sites for hydroxylation is 1. The molecule has 0 saturated heterocycles. The summed E-state index contributed by atoms with van der Waals surface area (Å²) < 4.78 is 0. The normalized spacial score (nSPS) is 19.6. The molecule has 3 heteroatoms. The Bertz CT molecular complexity index is 458. The molecule has 1 aromatic carbocycles. The predicted molar refractivity (Wildman–Crippen MR) is 90.2 cm³/mol. The molecule has 0 amide bonds. The molecule has 2 nitrogen and oxygen atoms in total. The van der Waals surface area contributed by atoms with Crippen LogP contribution in [0.2, 0.25) is 0 Å². The minimum atomic E-state index is 0.295. The topological polar surface area (TPSA) is 29.3 Å². The van der Waals surface area contributed by atoms with E-state index in [-0.39, 0.29) is 0 Å². The van der Waals surface area contributed by atoms with Crippen LogP contribution in [0, 0.1) is 5.92 Å². The third-order valence-corrected chi connectivity index (χ3v) is 4.84. The van der Waals surface area contributed by atoms with Crippen molar-refractivity contribution in [1.29, 1.82) is 0 Å². The van der Waals surface area contributed by atoms with Gasteiger partial charge in [-0.3, -0.25) is 0 Å². The lowest BCUT2D eigenvalue weighted by Crippen LogP contribution is -2.37. The monoisotopic (exact) mass is 290 g/mol. The summed E-state index contributed by atoms with van der Waals surface area (Å²) in [5.41, 5.74) is 8.85. The van der Waals surface area contributed by atoms with E-state index < -0.39 is 0 Å². The summed E-state index contributed by atoms with van der Waals surface area (Å²) in [5, 5.41) is 0. The molecule has 2 rings (SSSR count). The van der Waals surface area contributed by atoms with Gasteiger partial charge in [0.05, 0.1) is 4.99 Å². The van der Waals surface area contributed by atoms with Crippen LogP contribution in [-0.4, -0.2) is 29.5 Å². The summed E-state index contributed by atoms with van der Waals surface area (Å²) in [4.78, 5) is 3.13. The van der Waals surface area contributed by atoms with Gasteiger partial charge in [-0.05, 0) is 42.9 Å². The quantitative estimate of drug-likeness (QED) is 0.815. The van der Waals surface area contributed by atoms with E-state index in [9.17, 15) is 0 Å². The Morgan fingerprint density at radius 1 is 1.45 bits per heavy atom. The Labute approximate surface area is 128 Å².